The summed E-state index contributed by atoms with van der Waals surface area (Å²) in [5.41, 5.74) is 3.75. The molecule has 0 aromatic heterocycles. The molecule has 0 spiro atoms. The predicted octanol–water partition coefficient (Wildman–Crippen LogP) is 2.60. The average molecular weight is 258 g/mol. The summed E-state index contributed by atoms with van der Waals surface area (Å²) in [7, 11) is 0. The number of carbonyl (C=O) groups excluding carboxylic acids is 1. The van der Waals surface area contributed by atoms with E-state index in [9.17, 15) is 4.79 Å². The van der Waals surface area contributed by atoms with Crippen LogP contribution in [0.15, 0.2) is 18.2 Å². The molecule has 1 aromatic carbocycles. The number of rotatable bonds is 2. The zero-order valence-corrected chi connectivity index (χ0v) is 11.5. The summed E-state index contributed by atoms with van der Waals surface area (Å²) in [6.45, 7) is 2.90. The normalized spacial score (nSPS) is 18.6. The molecule has 1 saturated heterocycles. The van der Waals surface area contributed by atoms with Crippen molar-refractivity contribution in [1.29, 1.82) is 0 Å². The van der Waals surface area contributed by atoms with Gasteiger partial charge >= 0.3 is 0 Å². The van der Waals surface area contributed by atoms with Crippen molar-refractivity contribution in [1.82, 2.24) is 4.90 Å². The van der Waals surface area contributed by atoms with Gasteiger partial charge in [-0.3, -0.25) is 4.79 Å². The smallest absolute Gasteiger partial charge is 0.227 e. The molecule has 0 saturated carbocycles. The van der Waals surface area contributed by atoms with Crippen molar-refractivity contribution < 1.29 is 4.79 Å². The zero-order valence-electron chi connectivity index (χ0n) is 11.5. The summed E-state index contributed by atoms with van der Waals surface area (Å²) in [6, 6.07) is 6.33. The molecule has 3 nitrogen and oxygen atoms in total. The third-order valence-electron chi connectivity index (χ3n) is 4.23. The highest BCUT2D eigenvalue weighted by Gasteiger charge is 2.19. The van der Waals surface area contributed by atoms with E-state index >= 15 is 0 Å². The van der Waals surface area contributed by atoms with E-state index in [0.29, 0.717) is 12.3 Å². The molecule has 3 rings (SSSR count). The molecule has 0 bridgehead atoms. The van der Waals surface area contributed by atoms with Gasteiger partial charge in [-0.15, -0.1) is 0 Å². The summed E-state index contributed by atoms with van der Waals surface area (Å²) >= 11 is 0. The van der Waals surface area contributed by atoms with E-state index in [-0.39, 0.29) is 0 Å². The summed E-state index contributed by atoms with van der Waals surface area (Å²) in [4.78, 5) is 14.5. The molecule has 1 amide bonds. The first-order valence-electron chi connectivity index (χ1n) is 7.47. The summed E-state index contributed by atoms with van der Waals surface area (Å²) < 4.78 is 0. The van der Waals surface area contributed by atoms with Crippen LogP contribution in [0.5, 0.6) is 0 Å². The Kier molecular flexibility index (Phi) is 3.72. The minimum absolute atomic E-state index is 0.295. The Hall–Kier alpha value is -1.51. The standard InChI is InChI=1S/C16H22N2O/c19-15(18-10-3-1-2-4-11-18)12-14-7-5-6-13-8-9-17-16(13)14/h5-7,17H,1-4,8-12H2. The van der Waals surface area contributed by atoms with Crippen LogP contribution in [-0.2, 0) is 17.6 Å². The molecule has 2 aliphatic rings. The second kappa shape index (κ2) is 5.64. The first-order chi connectivity index (χ1) is 9.34. The maximum absolute atomic E-state index is 12.4. The maximum Gasteiger partial charge on any atom is 0.227 e. The molecule has 2 aliphatic heterocycles. The van der Waals surface area contributed by atoms with Crippen molar-refractivity contribution in [3.8, 4) is 0 Å². The second-order valence-electron chi connectivity index (χ2n) is 5.60. The molecule has 102 valence electrons. The van der Waals surface area contributed by atoms with Gasteiger partial charge in [0.2, 0.25) is 5.91 Å². The number of anilines is 1. The number of fused-ring (bicyclic) bond motifs is 1. The van der Waals surface area contributed by atoms with Gasteiger partial charge in [0.15, 0.2) is 0 Å². The van der Waals surface area contributed by atoms with Crippen LogP contribution in [0.2, 0.25) is 0 Å². The fraction of sp³-hybridized carbons (Fsp3) is 0.562. The van der Waals surface area contributed by atoms with Crippen LogP contribution in [0, 0.1) is 0 Å². The Morgan fingerprint density at radius 2 is 1.95 bits per heavy atom. The molecule has 0 radical (unpaired) electrons. The summed E-state index contributed by atoms with van der Waals surface area (Å²) in [5, 5.41) is 3.42. The Morgan fingerprint density at radius 1 is 1.16 bits per heavy atom. The van der Waals surface area contributed by atoms with Crippen molar-refractivity contribution >= 4 is 11.6 Å². The van der Waals surface area contributed by atoms with Gasteiger partial charge in [0.1, 0.15) is 0 Å². The molecule has 1 N–H and O–H groups in total. The number of nitrogens with one attached hydrogen (secondary N) is 1. The number of para-hydroxylation sites is 1. The van der Waals surface area contributed by atoms with Crippen molar-refractivity contribution in [3.63, 3.8) is 0 Å². The van der Waals surface area contributed by atoms with Crippen LogP contribution < -0.4 is 5.32 Å². The molecule has 0 unspecified atom stereocenters. The van der Waals surface area contributed by atoms with Crippen molar-refractivity contribution in [3.05, 3.63) is 29.3 Å². The van der Waals surface area contributed by atoms with E-state index in [0.717, 1.165) is 38.9 Å². The number of nitrogens with zero attached hydrogens (tertiary/aromatic N) is 1. The highest BCUT2D eigenvalue weighted by atomic mass is 16.2. The van der Waals surface area contributed by atoms with E-state index < -0.39 is 0 Å². The van der Waals surface area contributed by atoms with Crippen molar-refractivity contribution in [2.24, 2.45) is 0 Å². The molecular weight excluding hydrogens is 236 g/mol. The third-order valence-corrected chi connectivity index (χ3v) is 4.23. The van der Waals surface area contributed by atoms with Gasteiger partial charge in [0, 0.05) is 25.3 Å². The lowest BCUT2D eigenvalue weighted by Crippen LogP contribution is -2.33. The monoisotopic (exact) mass is 258 g/mol. The maximum atomic E-state index is 12.4. The van der Waals surface area contributed by atoms with Gasteiger partial charge in [0.05, 0.1) is 6.42 Å². The molecular formula is C16H22N2O. The largest absolute Gasteiger partial charge is 0.384 e. The molecule has 3 heteroatoms. The highest BCUT2D eigenvalue weighted by Crippen LogP contribution is 2.27. The van der Waals surface area contributed by atoms with E-state index in [2.05, 4.69) is 28.4 Å². The SMILES string of the molecule is O=C(Cc1cccc2c1NCC2)N1CCCCCC1. The van der Waals surface area contributed by atoms with Crippen LogP contribution in [0.25, 0.3) is 0 Å². The number of carbonyl (C=O) groups is 1. The lowest BCUT2D eigenvalue weighted by molar-refractivity contribution is -0.130. The zero-order chi connectivity index (χ0) is 13.1. The number of amides is 1. The molecule has 0 aliphatic carbocycles. The Morgan fingerprint density at radius 3 is 2.74 bits per heavy atom. The number of likely N-dealkylation sites (tertiary alicyclic amines) is 1. The third kappa shape index (κ3) is 2.75. The molecule has 1 aromatic rings. The van der Waals surface area contributed by atoms with Crippen molar-refractivity contribution in [2.45, 2.75) is 38.5 Å². The van der Waals surface area contributed by atoms with Crippen LogP contribution in [-0.4, -0.2) is 30.4 Å². The summed E-state index contributed by atoms with van der Waals surface area (Å²) in [6.07, 6.45) is 6.50. The molecule has 0 atom stereocenters. The van der Waals surface area contributed by atoms with Gasteiger partial charge in [-0.05, 0) is 30.4 Å². The number of hydrogen-bond donors (Lipinski definition) is 1. The quantitative estimate of drug-likeness (QED) is 0.884. The van der Waals surface area contributed by atoms with E-state index in [4.69, 9.17) is 0 Å². The minimum Gasteiger partial charge on any atom is -0.384 e. The fourth-order valence-electron chi connectivity index (χ4n) is 3.15. The molecule has 2 heterocycles. The number of hydrogen-bond acceptors (Lipinski definition) is 2. The van der Waals surface area contributed by atoms with Gasteiger partial charge in [0.25, 0.3) is 0 Å². The van der Waals surface area contributed by atoms with Crippen molar-refractivity contribution in [2.75, 3.05) is 25.0 Å². The van der Waals surface area contributed by atoms with E-state index in [1.165, 1.54) is 29.7 Å². The van der Waals surface area contributed by atoms with Crippen LogP contribution in [0.3, 0.4) is 0 Å². The van der Waals surface area contributed by atoms with E-state index in [1.807, 2.05) is 0 Å². The van der Waals surface area contributed by atoms with Crippen LogP contribution >= 0.6 is 0 Å². The van der Waals surface area contributed by atoms with Gasteiger partial charge < -0.3 is 10.2 Å². The Bertz CT molecular complexity index is 462. The predicted molar refractivity (Wildman–Crippen MR) is 77.4 cm³/mol. The first kappa shape index (κ1) is 12.5. The highest BCUT2D eigenvalue weighted by molar-refractivity contribution is 5.81. The van der Waals surface area contributed by atoms with Crippen LogP contribution in [0.4, 0.5) is 5.69 Å². The lowest BCUT2D eigenvalue weighted by atomic mass is 10.0. The second-order valence-corrected chi connectivity index (χ2v) is 5.60. The average Bonchev–Trinajstić information content (AvgIpc) is 2.73. The van der Waals surface area contributed by atoms with Crippen LogP contribution in [0.1, 0.15) is 36.8 Å². The lowest BCUT2D eigenvalue weighted by Gasteiger charge is -2.21. The van der Waals surface area contributed by atoms with E-state index in [1.54, 1.807) is 0 Å². The topological polar surface area (TPSA) is 32.3 Å². The minimum atomic E-state index is 0.295. The Balaban J connectivity index is 1.71. The fourth-order valence-corrected chi connectivity index (χ4v) is 3.15. The molecule has 19 heavy (non-hydrogen) atoms. The summed E-state index contributed by atoms with van der Waals surface area (Å²) in [5.74, 6) is 0.295. The Labute approximate surface area is 115 Å². The molecule has 1 fully saturated rings. The van der Waals surface area contributed by atoms with Gasteiger partial charge in [-0.2, -0.15) is 0 Å². The van der Waals surface area contributed by atoms with Gasteiger partial charge in [-0.1, -0.05) is 31.0 Å². The number of benzene rings is 1. The first-order valence-corrected chi connectivity index (χ1v) is 7.47. The van der Waals surface area contributed by atoms with Gasteiger partial charge in [-0.25, -0.2) is 0 Å².